The van der Waals surface area contributed by atoms with E-state index in [4.69, 9.17) is 9.84 Å². The summed E-state index contributed by atoms with van der Waals surface area (Å²) in [5.41, 5.74) is 1.46. The zero-order valence-electron chi connectivity index (χ0n) is 12.7. The van der Waals surface area contributed by atoms with E-state index in [9.17, 15) is 9.59 Å². The van der Waals surface area contributed by atoms with Crippen LogP contribution < -0.4 is 10.1 Å². The van der Waals surface area contributed by atoms with Gasteiger partial charge in [-0.3, -0.25) is 4.79 Å². The Labute approximate surface area is 142 Å². The van der Waals surface area contributed by atoms with Gasteiger partial charge in [0.25, 0.3) is 5.91 Å². The van der Waals surface area contributed by atoms with Gasteiger partial charge in [0.15, 0.2) is 6.61 Å². The lowest BCUT2D eigenvalue weighted by molar-refractivity contribution is -0.139. The summed E-state index contributed by atoms with van der Waals surface area (Å²) in [5, 5.41) is 11.5. The Hall–Kier alpha value is -2.28. The van der Waals surface area contributed by atoms with Crippen LogP contribution in [-0.2, 0) is 11.8 Å². The van der Waals surface area contributed by atoms with Crippen LogP contribution in [0.3, 0.4) is 0 Å². The molecule has 23 heavy (non-hydrogen) atoms. The average molecular weight is 381 g/mol. The van der Waals surface area contributed by atoms with E-state index in [1.807, 2.05) is 13.1 Å². The van der Waals surface area contributed by atoms with Gasteiger partial charge in [0, 0.05) is 17.7 Å². The van der Waals surface area contributed by atoms with Crippen molar-refractivity contribution in [1.29, 1.82) is 0 Å². The maximum atomic E-state index is 12.3. The van der Waals surface area contributed by atoms with Crippen molar-refractivity contribution in [2.45, 2.75) is 13.0 Å². The summed E-state index contributed by atoms with van der Waals surface area (Å²) in [7, 11) is 1.80. The number of carbonyl (C=O) groups is 2. The average Bonchev–Trinajstić information content (AvgIpc) is 2.84. The number of rotatable bonds is 6. The molecule has 2 aromatic rings. The van der Waals surface area contributed by atoms with Crippen LogP contribution >= 0.6 is 15.9 Å². The molecule has 1 heterocycles. The number of ether oxygens (including phenoxy) is 1. The highest BCUT2D eigenvalue weighted by atomic mass is 79.9. The quantitative estimate of drug-likeness (QED) is 0.807. The molecule has 0 saturated heterocycles. The Kier molecular flexibility index (Phi) is 5.44. The second kappa shape index (κ2) is 7.32. The second-order valence-electron chi connectivity index (χ2n) is 5.10. The number of amides is 1. The summed E-state index contributed by atoms with van der Waals surface area (Å²) in [6, 6.07) is 8.52. The van der Waals surface area contributed by atoms with Crippen molar-refractivity contribution in [3.63, 3.8) is 0 Å². The Bertz CT molecular complexity index is 709. The van der Waals surface area contributed by atoms with Crippen molar-refractivity contribution in [2.75, 3.05) is 6.61 Å². The number of hydrogen-bond acceptors (Lipinski definition) is 3. The van der Waals surface area contributed by atoms with Crippen LogP contribution in [0.2, 0.25) is 0 Å². The number of nitrogens with one attached hydrogen (secondary N) is 1. The number of carbonyl (C=O) groups excluding carboxylic acids is 1. The highest BCUT2D eigenvalue weighted by molar-refractivity contribution is 9.10. The van der Waals surface area contributed by atoms with Crippen LogP contribution in [0.5, 0.6) is 5.75 Å². The first-order valence-electron chi connectivity index (χ1n) is 6.94. The third-order valence-electron chi connectivity index (χ3n) is 3.29. The van der Waals surface area contributed by atoms with E-state index >= 15 is 0 Å². The summed E-state index contributed by atoms with van der Waals surface area (Å²) >= 11 is 3.34. The minimum atomic E-state index is -1.02. The molecule has 6 nitrogen and oxygen atoms in total. The summed E-state index contributed by atoms with van der Waals surface area (Å²) in [6.45, 7) is 1.50. The zero-order chi connectivity index (χ0) is 17.0. The Balaban J connectivity index is 2.00. The van der Waals surface area contributed by atoms with Crippen LogP contribution in [0.1, 0.15) is 29.0 Å². The molecule has 0 bridgehead atoms. The van der Waals surface area contributed by atoms with Crippen LogP contribution in [0.25, 0.3) is 0 Å². The van der Waals surface area contributed by atoms with Gasteiger partial charge in [-0.05, 0) is 46.6 Å². The van der Waals surface area contributed by atoms with E-state index in [0.29, 0.717) is 11.4 Å². The number of aliphatic carboxylic acids is 1. The maximum absolute atomic E-state index is 12.3. The molecule has 0 aliphatic carbocycles. The molecule has 1 aromatic heterocycles. The number of carboxylic acids is 1. The van der Waals surface area contributed by atoms with Gasteiger partial charge in [0.05, 0.1) is 6.04 Å². The minimum Gasteiger partial charge on any atom is -0.482 e. The molecule has 0 aliphatic rings. The molecule has 1 atom stereocenters. The molecular weight excluding hydrogens is 364 g/mol. The van der Waals surface area contributed by atoms with Gasteiger partial charge in [-0.25, -0.2) is 4.79 Å². The fraction of sp³-hybridized carbons (Fsp3) is 0.250. The van der Waals surface area contributed by atoms with Crippen molar-refractivity contribution in [3.8, 4) is 5.75 Å². The first kappa shape index (κ1) is 17.1. The highest BCUT2D eigenvalue weighted by Gasteiger charge is 2.15. The largest absolute Gasteiger partial charge is 0.482 e. The van der Waals surface area contributed by atoms with Gasteiger partial charge in [-0.1, -0.05) is 12.1 Å². The van der Waals surface area contributed by atoms with Gasteiger partial charge in [0.2, 0.25) is 0 Å². The zero-order valence-corrected chi connectivity index (χ0v) is 14.3. The number of nitrogens with zero attached hydrogens (tertiary/aromatic N) is 1. The minimum absolute atomic E-state index is 0.170. The van der Waals surface area contributed by atoms with Crippen LogP contribution in [0.4, 0.5) is 0 Å². The molecule has 7 heteroatoms. The molecule has 0 spiro atoms. The summed E-state index contributed by atoms with van der Waals surface area (Å²) < 4.78 is 7.67. The Morgan fingerprint density at radius 1 is 1.35 bits per heavy atom. The van der Waals surface area contributed by atoms with Crippen LogP contribution in [-0.4, -0.2) is 28.2 Å². The molecule has 1 unspecified atom stereocenters. The first-order valence-corrected chi connectivity index (χ1v) is 7.73. The second-order valence-corrected chi connectivity index (χ2v) is 6.02. The van der Waals surface area contributed by atoms with E-state index < -0.39 is 5.97 Å². The van der Waals surface area contributed by atoms with E-state index in [0.717, 1.165) is 10.0 Å². The predicted octanol–water partition coefficient (Wildman–Crippen LogP) is 2.74. The van der Waals surface area contributed by atoms with Crippen molar-refractivity contribution >= 4 is 27.8 Å². The Morgan fingerprint density at radius 2 is 2.00 bits per heavy atom. The van der Waals surface area contributed by atoms with Crippen molar-refractivity contribution in [1.82, 2.24) is 9.88 Å². The maximum Gasteiger partial charge on any atom is 0.341 e. The van der Waals surface area contributed by atoms with Crippen LogP contribution in [0, 0.1) is 0 Å². The molecule has 0 radical (unpaired) electrons. The monoisotopic (exact) mass is 380 g/mol. The van der Waals surface area contributed by atoms with Crippen molar-refractivity contribution in [2.24, 2.45) is 7.05 Å². The number of carboxylic acid groups (broad SMARTS) is 1. The molecule has 0 saturated carbocycles. The van der Waals surface area contributed by atoms with Gasteiger partial charge >= 0.3 is 5.97 Å². The number of aryl methyl sites for hydroxylation is 1. The molecule has 1 aromatic carbocycles. The third-order valence-corrected chi connectivity index (χ3v) is 3.73. The number of halogens is 1. The first-order chi connectivity index (χ1) is 10.9. The predicted molar refractivity (Wildman–Crippen MR) is 88.6 cm³/mol. The van der Waals surface area contributed by atoms with Gasteiger partial charge < -0.3 is 19.7 Å². The molecule has 2 rings (SSSR count). The summed E-state index contributed by atoms with van der Waals surface area (Å²) in [4.78, 5) is 22.7. The lowest BCUT2D eigenvalue weighted by Crippen LogP contribution is -2.28. The molecule has 2 N–H and O–H groups in total. The molecule has 122 valence electrons. The fourth-order valence-electron chi connectivity index (χ4n) is 2.10. The SMILES string of the molecule is CC(NC(=O)c1cc(Br)cn1C)c1ccc(OCC(=O)O)cc1. The third kappa shape index (κ3) is 4.59. The summed E-state index contributed by atoms with van der Waals surface area (Å²) in [5.74, 6) is -0.721. The number of benzene rings is 1. The van der Waals surface area contributed by atoms with Gasteiger partial charge in [-0.15, -0.1) is 0 Å². The smallest absolute Gasteiger partial charge is 0.341 e. The van der Waals surface area contributed by atoms with Crippen molar-refractivity contribution in [3.05, 3.63) is 52.3 Å². The molecule has 1 amide bonds. The Morgan fingerprint density at radius 3 is 2.52 bits per heavy atom. The van der Waals surface area contributed by atoms with Gasteiger partial charge in [-0.2, -0.15) is 0 Å². The highest BCUT2D eigenvalue weighted by Crippen LogP contribution is 2.19. The van der Waals surface area contributed by atoms with Gasteiger partial charge in [0.1, 0.15) is 11.4 Å². The summed E-state index contributed by atoms with van der Waals surface area (Å²) in [6.07, 6.45) is 1.81. The number of hydrogen-bond donors (Lipinski definition) is 2. The lowest BCUT2D eigenvalue weighted by Gasteiger charge is -2.15. The van der Waals surface area contributed by atoms with Crippen LogP contribution in [0.15, 0.2) is 41.0 Å². The molecular formula is C16H17BrN2O4. The standard InChI is InChI=1S/C16H17BrN2O4/c1-10(18-16(22)14-7-12(17)8-19(14)2)11-3-5-13(6-4-11)23-9-15(20)21/h3-8,10H,9H2,1-2H3,(H,18,22)(H,20,21). The lowest BCUT2D eigenvalue weighted by atomic mass is 10.1. The molecule has 0 aliphatic heterocycles. The normalized spacial score (nSPS) is 11.8. The van der Waals surface area contributed by atoms with E-state index in [1.54, 1.807) is 41.9 Å². The number of aromatic nitrogens is 1. The van der Waals surface area contributed by atoms with E-state index in [1.165, 1.54) is 0 Å². The van der Waals surface area contributed by atoms with E-state index in [2.05, 4.69) is 21.2 Å². The van der Waals surface area contributed by atoms with Crippen molar-refractivity contribution < 1.29 is 19.4 Å². The van der Waals surface area contributed by atoms with E-state index in [-0.39, 0.29) is 18.6 Å². The fourth-order valence-corrected chi connectivity index (χ4v) is 2.63. The molecule has 0 fully saturated rings. The topological polar surface area (TPSA) is 80.6 Å².